The van der Waals surface area contributed by atoms with Crippen LogP contribution in [0.25, 0.3) is 16.6 Å². The number of benzene rings is 2. The summed E-state index contributed by atoms with van der Waals surface area (Å²) in [5.41, 5.74) is 0.399. The monoisotopic (exact) mass is 321 g/mol. The predicted octanol–water partition coefficient (Wildman–Crippen LogP) is 2.78. The first-order valence-corrected chi connectivity index (χ1v) is 6.94. The molecule has 0 aliphatic carbocycles. The maximum absolute atomic E-state index is 12.6. The maximum Gasteiger partial charge on any atom is 0.273 e. The Bertz CT molecular complexity index is 1050. The van der Waals surface area contributed by atoms with E-state index in [4.69, 9.17) is 4.74 Å². The van der Waals surface area contributed by atoms with Crippen molar-refractivity contribution in [2.75, 3.05) is 7.11 Å². The summed E-state index contributed by atoms with van der Waals surface area (Å²) in [4.78, 5) is 22.9. The highest BCUT2D eigenvalue weighted by Crippen LogP contribution is 2.24. The number of ether oxygens (including phenoxy) is 1. The van der Waals surface area contributed by atoms with E-state index in [-0.39, 0.29) is 11.3 Å². The Balaban J connectivity index is 2.35. The molecule has 0 saturated heterocycles. The molecule has 0 amide bonds. The molecule has 0 aliphatic heterocycles. The zero-order chi connectivity index (χ0) is 17.3. The van der Waals surface area contributed by atoms with E-state index in [2.05, 4.69) is 0 Å². The molecule has 0 aliphatic rings. The summed E-state index contributed by atoms with van der Waals surface area (Å²) in [6.45, 7) is 0. The van der Waals surface area contributed by atoms with Gasteiger partial charge in [0.05, 0.1) is 17.5 Å². The lowest BCUT2D eigenvalue weighted by atomic mass is 10.1. The van der Waals surface area contributed by atoms with Crippen LogP contribution >= 0.6 is 0 Å². The van der Waals surface area contributed by atoms with Crippen LogP contribution in [-0.2, 0) is 0 Å². The van der Waals surface area contributed by atoms with Gasteiger partial charge < -0.3 is 4.74 Å². The molecule has 7 heteroatoms. The number of methoxy groups -OCH3 is 1. The summed E-state index contributed by atoms with van der Waals surface area (Å²) < 4.78 is 6.54. The number of nitriles is 1. The van der Waals surface area contributed by atoms with Crippen molar-refractivity contribution in [3.05, 3.63) is 74.6 Å². The number of nitro benzene ring substituents is 1. The molecule has 0 radical (unpaired) electrons. The molecule has 2 aromatic carbocycles. The van der Waals surface area contributed by atoms with E-state index >= 15 is 0 Å². The topological polar surface area (TPSA) is 98.2 Å². The number of aromatic nitrogens is 1. The zero-order valence-electron chi connectivity index (χ0n) is 12.6. The highest BCUT2D eigenvalue weighted by Gasteiger charge is 2.13. The summed E-state index contributed by atoms with van der Waals surface area (Å²) >= 11 is 0. The lowest BCUT2D eigenvalue weighted by Gasteiger charge is -2.12. The van der Waals surface area contributed by atoms with Gasteiger partial charge in [-0.25, -0.2) is 0 Å². The molecule has 1 aromatic heterocycles. The molecule has 118 valence electrons. The largest absolute Gasteiger partial charge is 0.497 e. The fraction of sp³-hybridized carbons (Fsp3) is 0.0588. The number of rotatable bonds is 3. The van der Waals surface area contributed by atoms with Crippen LogP contribution in [0.5, 0.6) is 5.75 Å². The highest BCUT2D eigenvalue weighted by atomic mass is 16.6. The molecular formula is C17H11N3O4. The molecular weight excluding hydrogens is 310 g/mol. The summed E-state index contributed by atoms with van der Waals surface area (Å²) in [7, 11) is 1.51. The van der Waals surface area contributed by atoms with Crippen molar-refractivity contribution in [1.29, 1.82) is 5.26 Å². The Morgan fingerprint density at radius 1 is 1.17 bits per heavy atom. The molecule has 7 nitrogen and oxygen atoms in total. The maximum atomic E-state index is 12.6. The molecule has 0 atom stereocenters. The molecule has 0 bridgehead atoms. The minimum Gasteiger partial charge on any atom is -0.497 e. The first-order valence-electron chi connectivity index (χ1n) is 6.94. The first-order chi connectivity index (χ1) is 11.5. The lowest BCUT2D eigenvalue weighted by Crippen LogP contribution is -2.21. The standard InChI is InChI=1S/C17H11N3O4/c1-24-15-7-2-11-8-12(10-18)17(21)19(16(11)9-15)13-3-5-14(6-4-13)20(22)23/h2-9H,1H3. The second kappa shape index (κ2) is 5.85. The Kier molecular flexibility index (Phi) is 3.72. The van der Waals surface area contributed by atoms with Crippen LogP contribution in [0.3, 0.4) is 0 Å². The molecule has 0 unspecified atom stereocenters. The van der Waals surface area contributed by atoms with Crippen molar-refractivity contribution in [3.63, 3.8) is 0 Å². The van der Waals surface area contributed by atoms with E-state index in [9.17, 15) is 20.2 Å². The van der Waals surface area contributed by atoms with Gasteiger partial charge in [-0.3, -0.25) is 19.5 Å². The normalized spacial score (nSPS) is 10.3. The van der Waals surface area contributed by atoms with Gasteiger partial charge >= 0.3 is 0 Å². The van der Waals surface area contributed by atoms with Gasteiger partial charge in [-0.15, -0.1) is 0 Å². The van der Waals surface area contributed by atoms with E-state index in [1.165, 1.54) is 42.0 Å². The third kappa shape index (κ3) is 2.46. The van der Waals surface area contributed by atoms with E-state index in [0.717, 1.165) is 0 Å². The van der Waals surface area contributed by atoms with E-state index in [1.54, 1.807) is 18.2 Å². The number of fused-ring (bicyclic) bond motifs is 1. The smallest absolute Gasteiger partial charge is 0.273 e. The van der Waals surface area contributed by atoms with Gasteiger partial charge in [-0.2, -0.15) is 5.26 Å². The van der Waals surface area contributed by atoms with Crippen molar-refractivity contribution in [2.45, 2.75) is 0 Å². The summed E-state index contributed by atoms with van der Waals surface area (Å²) in [6.07, 6.45) is 0. The van der Waals surface area contributed by atoms with Crippen molar-refractivity contribution in [3.8, 4) is 17.5 Å². The second-order valence-electron chi connectivity index (χ2n) is 5.01. The molecule has 0 fully saturated rings. The van der Waals surface area contributed by atoms with Gasteiger partial charge in [0, 0.05) is 29.3 Å². The van der Waals surface area contributed by atoms with Crippen molar-refractivity contribution in [1.82, 2.24) is 4.57 Å². The van der Waals surface area contributed by atoms with Gasteiger partial charge in [0.15, 0.2) is 0 Å². The number of hydrogen-bond donors (Lipinski definition) is 0. The number of hydrogen-bond acceptors (Lipinski definition) is 5. The number of non-ortho nitro benzene ring substituents is 1. The molecule has 24 heavy (non-hydrogen) atoms. The first kappa shape index (κ1) is 15.2. The fourth-order valence-electron chi connectivity index (χ4n) is 2.47. The van der Waals surface area contributed by atoms with Gasteiger partial charge in [-0.05, 0) is 30.3 Å². The molecule has 3 aromatic rings. The van der Waals surface area contributed by atoms with E-state index in [0.29, 0.717) is 22.3 Å². The van der Waals surface area contributed by atoms with Crippen LogP contribution in [0.15, 0.2) is 53.3 Å². The lowest BCUT2D eigenvalue weighted by molar-refractivity contribution is -0.384. The molecule has 0 spiro atoms. The van der Waals surface area contributed by atoms with Crippen LogP contribution in [0.4, 0.5) is 5.69 Å². The average Bonchev–Trinajstić information content (AvgIpc) is 2.60. The third-order valence-electron chi connectivity index (χ3n) is 3.65. The minimum absolute atomic E-state index is 0.00832. The highest BCUT2D eigenvalue weighted by molar-refractivity contribution is 5.83. The van der Waals surface area contributed by atoms with E-state index < -0.39 is 10.5 Å². The second-order valence-corrected chi connectivity index (χ2v) is 5.01. The van der Waals surface area contributed by atoms with Crippen molar-refractivity contribution in [2.24, 2.45) is 0 Å². The molecule has 0 N–H and O–H groups in total. The molecule has 1 heterocycles. The zero-order valence-corrected chi connectivity index (χ0v) is 12.6. The average molecular weight is 321 g/mol. The molecule has 3 rings (SSSR count). The Hall–Kier alpha value is -3.66. The minimum atomic E-state index is -0.514. The SMILES string of the molecule is COc1ccc2cc(C#N)c(=O)n(-c3ccc([N+](=O)[O-])cc3)c2c1. The van der Waals surface area contributed by atoms with Crippen LogP contribution in [0, 0.1) is 21.4 Å². The number of nitrogens with zero attached hydrogens (tertiary/aromatic N) is 3. The fourth-order valence-corrected chi connectivity index (χ4v) is 2.47. The van der Waals surface area contributed by atoms with Crippen LogP contribution in [0.2, 0.25) is 0 Å². The van der Waals surface area contributed by atoms with Gasteiger partial charge in [0.1, 0.15) is 17.4 Å². The number of nitro groups is 1. The van der Waals surface area contributed by atoms with Crippen LogP contribution < -0.4 is 10.3 Å². The number of pyridine rings is 1. The van der Waals surface area contributed by atoms with Gasteiger partial charge in [0.25, 0.3) is 11.2 Å². The summed E-state index contributed by atoms with van der Waals surface area (Å²) in [5, 5.41) is 20.7. The van der Waals surface area contributed by atoms with Gasteiger partial charge in [-0.1, -0.05) is 0 Å². The van der Waals surface area contributed by atoms with E-state index in [1.807, 2.05) is 6.07 Å². The van der Waals surface area contributed by atoms with Crippen molar-refractivity contribution < 1.29 is 9.66 Å². The predicted molar refractivity (Wildman–Crippen MR) is 87.5 cm³/mol. The summed E-state index contributed by atoms with van der Waals surface area (Å²) in [5.74, 6) is 0.558. The van der Waals surface area contributed by atoms with Crippen LogP contribution in [0.1, 0.15) is 5.56 Å². The molecule has 0 saturated carbocycles. The Morgan fingerprint density at radius 3 is 2.46 bits per heavy atom. The summed E-state index contributed by atoms with van der Waals surface area (Å²) in [6, 6.07) is 14.1. The third-order valence-corrected chi connectivity index (χ3v) is 3.65. The van der Waals surface area contributed by atoms with Crippen LogP contribution in [-0.4, -0.2) is 16.6 Å². The Labute approximate surface area is 136 Å². The van der Waals surface area contributed by atoms with Gasteiger partial charge in [0.2, 0.25) is 0 Å². The quantitative estimate of drug-likeness (QED) is 0.545. The van der Waals surface area contributed by atoms with Crippen molar-refractivity contribution >= 4 is 16.6 Å². The Morgan fingerprint density at radius 2 is 1.88 bits per heavy atom.